The van der Waals surface area contributed by atoms with Gasteiger partial charge in [-0.3, -0.25) is 4.79 Å². The van der Waals surface area contributed by atoms with E-state index in [4.69, 9.17) is 11.6 Å². The molecule has 0 N–H and O–H groups in total. The van der Waals surface area contributed by atoms with Crippen LogP contribution in [0.15, 0.2) is 24.3 Å². The SMILES string of the molecule is CCCCCCCCCC1c2ccccc2CCC1C(=O)Cl. The predicted molar refractivity (Wildman–Crippen MR) is 94.5 cm³/mol. The van der Waals surface area contributed by atoms with Crippen LogP contribution < -0.4 is 0 Å². The maximum Gasteiger partial charge on any atom is 0.225 e. The average Bonchev–Trinajstić information content (AvgIpc) is 2.53. The molecule has 0 aliphatic heterocycles. The van der Waals surface area contributed by atoms with E-state index in [0.29, 0.717) is 5.92 Å². The highest BCUT2D eigenvalue weighted by Gasteiger charge is 2.32. The molecule has 0 heterocycles. The number of aryl methyl sites for hydroxylation is 1. The number of carbonyl (C=O) groups is 1. The second kappa shape index (κ2) is 9.35. The van der Waals surface area contributed by atoms with Gasteiger partial charge in [0.25, 0.3) is 0 Å². The molecule has 2 heteroatoms. The van der Waals surface area contributed by atoms with Crippen molar-refractivity contribution in [3.05, 3.63) is 35.4 Å². The Kier molecular flexibility index (Phi) is 7.45. The van der Waals surface area contributed by atoms with Gasteiger partial charge in [-0.2, -0.15) is 0 Å². The fraction of sp³-hybridized carbons (Fsp3) is 0.650. The van der Waals surface area contributed by atoms with Gasteiger partial charge in [-0.25, -0.2) is 0 Å². The van der Waals surface area contributed by atoms with Crippen LogP contribution in [-0.4, -0.2) is 5.24 Å². The summed E-state index contributed by atoms with van der Waals surface area (Å²) < 4.78 is 0. The standard InChI is InChI=1S/C20H29ClO/c1-2-3-4-5-6-7-8-13-18-17-12-10-9-11-16(17)14-15-19(18)20(21)22/h9-12,18-19H,2-8,13-15H2,1H3. The van der Waals surface area contributed by atoms with Gasteiger partial charge >= 0.3 is 0 Å². The molecule has 1 nitrogen and oxygen atoms in total. The van der Waals surface area contributed by atoms with E-state index in [-0.39, 0.29) is 11.2 Å². The lowest BCUT2D eigenvalue weighted by Crippen LogP contribution is -2.25. The summed E-state index contributed by atoms with van der Waals surface area (Å²) in [6.07, 6.45) is 12.2. The van der Waals surface area contributed by atoms with Gasteiger partial charge in [0, 0.05) is 5.92 Å². The summed E-state index contributed by atoms with van der Waals surface area (Å²) in [7, 11) is 0. The van der Waals surface area contributed by atoms with Gasteiger partial charge in [0.15, 0.2) is 0 Å². The summed E-state index contributed by atoms with van der Waals surface area (Å²) in [5.74, 6) is 0.363. The van der Waals surface area contributed by atoms with Gasteiger partial charge in [0.2, 0.25) is 5.24 Å². The fourth-order valence-corrected chi connectivity index (χ4v) is 4.06. The Bertz CT molecular complexity index is 469. The average molecular weight is 321 g/mol. The molecule has 1 aliphatic carbocycles. The minimum atomic E-state index is -0.137. The van der Waals surface area contributed by atoms with E-state index in [1.807, 2.05) is 0 Å². The molecule has 0 bridgehead atoms. The van der Waals surface area contributed by atoms with Crippen molar-refractivity contribution >= 4 is 16.8 Å². The van der Waals surface area contributed by atoms with Gasteiger partial charge < -0.3 is 0 Å². The summed E-state index contributed by atoms with van der Waals surface area (Å²) in [6, 6.07) is 8.61. The van der Waals surface area contributed by atoms with Crippen molar-refractivity contribution in [3.63, 3.8) is 0 Å². The van der Waals surface area contributed by atoms with E-state index < -0.39 is 0 Å². The molecule has 2 atom stereocenters. The molecular weight excluding hydrogens is 292 g/mol. The van der Waals surface area contributed by atoms with Crippen LogP contribution in [0.4, 0.5) is 0 Å². The first-order valence-electron chi connectivity index (χ1n) is 9.01. The molecule has 0 radical (unpaired) electrons. The number of rotatable bonds is 9. The lowest BCUT2D eigenvalue weighted by molar-refractivity contribution is -0.116. The highest BCUT2D eigenvalue weighted by Crippen LogP contribution is 2.40. The zero-order valence-electron chi connectivity index (χ0n) is 13.8. The van der Waals surface area contributed by atoms with Gasteiger partial charge in [-0.15, -0.1) is 0 Å². The zero-order chi connectivity index (χ0) is 15.8. The Morgan fingerprint density at radius 3 is 2.50 bits per heavy atom. The second-order valence-corrected chi connectivity index (χ2v) is 7.04. The molecule has 2 unspecified atom stereocenters. The third-order valence-electron chi connectivity index (χ3n) is 5.08. The molecule has 22 heavy (non-hydrogen) atoms. The lowest BCUT2D eigenvalue weighted by atomic mass is 9.73. The Morgan fingerprint density at radius 1 is 1.09 bits per heavy atom. The maximum atomic E-state index is 11.8. The van der Waals surface area contributed by atoms with Crippen LogP contribution >= 0.6 is 11.6 Å². The smallest absolute Gasteiger partial charge is 0.225 e. The molecule has 0 saturated heterocycles. The first-order chi connectivity index (χ1) is 10.7. The Hall–Kier alpha value is -0.820. The number of hydrogen-bond donors (Lipinski definition) is 0. The van der Waals surface area contributed by atoms with Crippen LogP contribution in [0, 0.1) is 5.92 Å². The molecule has 122 valence electrons. The number of hydrogen-bond acceptors (Lipinski definition) is 1. The van der Waals surface area contributed by atoms with E-state index in [1.54, 1.807) is 0 Å². The van der Waals surface area contributed by atoms with E-state index in [2.05, 4.69) is 31.2 Å². The number of unbranched alkanes of at least 4 members (excludes halogenated alkanes) is 6. The minimum Gasteiger partial charge on any atom is -0.281 e. The molecule has 0 fully saturated rings. The van der Waals surface area contributed by atoms with E-state index in [0.717, 1.165) is 19.3 Å². The van der Waals surface area contributed by atoms with Crippen molar-refractivity contribution in [1.29, 1.82) is 0 Å². The van der Waals surface area contributed by atoms with Crippen molar-refractivity contribution in [2.45, 2.75) is 77.0 Å². The van der Waals surface area contributed by atoms with Crippen LogP contribution in [0.3, 0.4) is 0 Å². The molecule has 1 aromatic rings. The van der Waals surface area contributed by atoms with Gasteiger partial charge in [0.05, 0.1) is 0 Å². The van der Waals surface area contributed by atoms with Crippen LogP contribution in [0.2, 0.25) is 0 Å². The molecule has 0 amide bonds. The summed E-state index contributed by atoms with van der Waals surface area (Å²) >= 11 is 5.88. The maximum absolute atomic E-state index is 11.8. The minimum absolute atomic E-state index is 0.0247. The van der Waals surface area contributed by atoms with Crippen molar-refractivity contribution in [2.24, 2.45) is 5.92 Å². The first-order valence-corrected chi connectivity index (χ1v) is 9.39. The predicted octanol–water partition coefficient (Wildman–Crippen LogP) is 6.24. The van der Waals surface area contributed by atoms with Crippen molar-refractivity contribution < 1.29 is 4.79 Å². The topological polar surface area (TPSA) is 17.1 Å². The van der Waals surface area contributed by atoms with Crippen LogP contribution in [-0.2, 0) is 11.2 Å². The highest BCUT2D eigenvalue weighted by atomic mass is 35.5. The lowest BCUT2D eigenvalue weighted by Gasteiger charge is -2.31. The Balaban J connectivity index is 1.87. The molecular formula is C20H29ClO. The summed E-state index contributed by atoms with van der Waals surface area (Å²) in [5, 5.41) is -0.137. The fourth-order valence-electron chi connectivity index (χ4n) is 3.80. The van der Waals surface area contributed by atoms with Crippen LogP contribution in [0.25, 0.3) is 0 Å². The molecule has 0 saturated carbocycles. The van der Waals surface area contributed by atoms with Gasteiger partial charge in [-0.1, -0.05) is 76.1 Å². The molecule has 1 aromatic carbocycles. The normalized spacial score (nSPS) is 20.6. The number of carbonyl (C=O) groups excluding carboxylic acids is 1. The summed E-state index contributed by atoms with van der Waals surface area (Å²) in [6.45, 7) is 2.25. The summed E-state index contributed by atoms with van der Waals surface area (Å²) in [5.41, 5.74) is 2.79. The second-order valence-electron chi connectivity index (χ2n) is 6.66. The Morgan fingerprint density at radius 2 is 1.77 bits per heavy atom. The molecule has 0 aromatic heterocycles. The Labute approximate surface area is 140 Å². The third kappa shape index (κ3) is 4.84. The van der Waals surface area contributed by atoms with Crippen molar-refractivity contribution in [3.8, 4) is 0 Å². The largest absolute Gasteiger partial charge is 0.281 e. The number of halogens is 1. The van der Waals surface area contributed by atoms with Crippen molar-refractivity contribution in [1.82, 2.24) is 0 Å². The quantitative estimate of drug-likeness (QED) is 0.389. The zero-order valence-corrected chi connectivity index (χ0v) is 14.6. The van der Waals surface area contributed by atoms with Gasteiger partial charge in [0.1, 0.15) is 0 Å². The van der Waals surface area contributed by atoms with Crippen LogP contribution in [0.1, 0.15) is 81.8 Å². The first kappa shape index (κ1) is 17.5. The van der Waals surface area contributed by atoms with E-state index in [1.165, 1.54) is 56.1 Å². The molecule has 1 aliphatic rings. The van der Waals surface area contributed by atoms with E-state index >= 15 is 0 Å². The number of fused-ring (bicyclic) bond motifs is 1. The molecule has 0 spiro atoms. The highest BCUT2D eigenvalue weighted by molar-refractivity contribution is 6.64. The molecule has 2 rings (SSSR count). The summed E-state index contributed by atoms with van der Waals surface area (Å²) in [4.78, 5) is 11.8. The third-order valence-corrected chi connectivity index (χ3v) is 5.36. The van der Waals surface area contributed by atoms with Gasteiger partial charge in [-0.05, 0) is 47.9 Å². The van der Waals surface area contributed by atoms with E-state index in [9.17, 15) is 4.79 Å². The van der Waals surface area contributed by atoms with Crippen LogP contribution in [0.5, 0.6) is 0 Å². The number of benzene rings is 1. The monoisotopic (exact) mass is 320 g/mol. The van der Waals surface area contributed by atoms with Crippen molar-refractivity contribution in [2.75, 3.05) is 0 Å².